The van der Waals surface area contributed by atoms with E-state index in [1.54, 1.807) is 0 Å². The van der Waals surface area contributed by atoms with Gasteiger partial charge in [-0.15, -0.1) is 34.4 Å². The zero-order valence-corrected chi connectivity index (χ0v) is 23.2. The standard InChI is InChI=1S/2C12H11.C2H7Si.2ClH.Zr/c2*1-10-7-8-12(9-10)11-5-3-2-4-6-11;1-3-2;;;/h2*2-9H,1H3;3H,1-2H3;2*1H;/q2*-1;;;;+4/p-2. The average molecular weight is 532 g/mol. The average Bonchev–Trinajstić information content (AvgIpc) is 3.39. The van der Waals surface area contributed by atoms with Gasteiger partial charge in [-0.05, 0) is 0 Å². The first-order valence-electron chi connectivity index (χ1n) is 9.83. The van der Waals surface area contributed by atoms with Crippen molar-refractivity contribution < 1.29 is 20.8 Å². The number of aryl methyl sites for hydroxylation is 2. The Hall–Kier alpha value is -1.18. The molecule has 0 saturated carbocycles. The molecule has 4 rings (SSSR count). The third-order valence-electron chi connectivity index (χ3n) is 4.03. The normalized spacial score (nSPS) is 9.00. The maximum atomic E-state index is 4.93. The van der Waals surface area contributed by atoms with E-state index in [0.29, 0.717) is 0 Å². The molecular weight excluding hydrogens is 503 g/mol. The Bertz CT molecular complexity index is 837. The third kappa shape index (κ3) is 10.7. The van der Waals surface area contributed by atoms with Crippen molar-refractivity contribution in [3.8, 4) is 22.3 Å². The van der Waals surface area contributed by atoms with Crippen molar-refractivity contribution in [1.82, 2.24) is 0 Å². The number of rotatable bonds is 2. The molecular formula is C26H29Cl2SiZr. The minimum absolute atomic E-state index is 0.750. The molecule has 155 valence electrons. The zero-order valence-electron chi connectivity index (χ0n) is 18.1. The van der Waals surface area contributed by atoms with Crippen LogP contribution in [0.5, 0.6) is 0 Å². The van der Waals surface area contributed by atoms with E-state index in [9.17, 15) is 0 Å². The third-order valence-corrected chi connectivity index (χ3v) is 4.03. The molecule has 0 N–H and O–H groups in total. The van der Waals surface area contributed by atoms with Crippen molar-refractivity contribution in [1.29, 1.82) is 0 Å². The second-order valence-corrected chi connectivity index (χ2v) is 11.6. The summed E-state index contributed by atoms with van der Waals surface area (Å²) in [4.78, 5) is 0. The summed E-state index contributed by atoms with van der Waals surface area (Å²) < 4.78 is 0. The molecule has 0 aliphatic heterocycles. The number of hydrogen-bond donors (Lipinski definition) is 0. The second-order valence-electron chi connectivity index (χ2n) is 6.73. The summed E-state index contributed by atoms with van der Waals surface area (Å²) in [7, 11) is 10.6. The molecule has 1 radical (unpaired) electrons. The van der Waals surface area contributed by atoms with Gasteiger partial charge in [0, 0.05) is 9.52 Å². The predicted octanol–water partition coefficient (Wildman–Crippen LogP) is 8.66. The zero-order chi connectivity index (χ0) is 22.2. The van der Waals surface area contributed by atoms with E-state index in [1.807, 2.05) is 12.1 Å². The Labute approximate surface area is 203 Å². The van der Waals surface area contributed by atoms with Gasteiger partial charge in [0.1, 0.15) is 0 Å². The molecule has 0 spiro atoms. The Morgan fingerprint density at radius 1 is 0.667 bits per heavy atom. The van der Waals surface area contributed by atoms with E-state index in [0.717, 1.165) is 9.52 Å². The second kappa shape index (κ2) is 16.5. The van der Waals surface area contributed by atoms with Crippen LogP contribution in [0.4, 0.5) is 0 Å². The van der Waals surface area contributed by atoms with Crippen molar-refractivity contribution >= 4 is 26.5 Å². The Morgan fingerprint density at radius 2 is 0.967 bits per heavy atom. The number of halogens is 2. The molecule has 0 atom stereocenters. The maximum absolute atomic E-state index is 4.93. The van der Waals surface area contributed by atoms with Gasteiger partial charge >= 0.3 is 37.9 Å². The van der Waals surface area contributed by atoms with E-state index < -0.39 is 20.8 Å². The Kier molecular flexibility index (Phi) is 14.8. The molecule has 0 bridgehead atoms. The van der Waals surface area contributed by atoms with Gasteiger partial charge in [-0.25, -0.2) is 0 Å². The minimum atomic E-state index is -0.826. The fraction of sp³-hybridized carbons (Fsp3) is 0.154. The van der Waals surface area contributed by atoms with Gasteiger partial charge in [-0.2, -0.15) is 35.4 Å². The molecule has 0 saturated heterocycles. The monoisotopic (exact) mass is 529 g/mol. The Morgan fingerprint density at radius 3 is 1.20 bits per heavy atom. The summed E-state index contributed by atoms with van der Waals surface area (Å²) in [5, 5.41) is 0. The van der Waals surface area contributed by atoms with E-state index in [-0.39, 0.29) is 0 Å². The van der Waals surface area contributed by atoms with Gasteiger partial charge in [-0.3, -0.25) is 0 Å². The Balaban J connectivity index is 0.000000239. The van der Waals surface area contributed by atoms with Crippen LogP contribution in [-0.4, -0.2) is 9.52 Å². The van der Waals surface area contributed by atoms with Crippen LogP contribution >= 0.6 is 17.0 Å². The summed E-state index contributed by atoms with van der Waals surface area (Å²) in [5.74, 6) is 0. The first-order chi connectivity index (χ1) is 14.5. The van der Waals surface area contributed by atoms with Crippen molar-refractivity contribution in [2.45, 2.75) is 26.9 Å². The molecule has 0 nitrogen and oxygen atoms in total. The molecule has 0 heterocycles. The van der Waals surface area contributed by atoms with Crippen LogP contribution in [0, 0.1) is 13.8 Å². The van der Waals surface area contributed by atoms with Gasteiger partial charge in [-0.1, -0.05) is 87.6 Å². The molecule has 0 aliphatic rings. The van der Waals surface area contributed by atoms with E-state index >= 15 is 0 Å². The number of benzene rings is 2. The van der Waals surface area contributed by atoms with Crippen LogP contribution in [0.3, 0.4) is 0 Å². The summed E-state index contributed by atoms with van der Waals surface area (Å²) in [6, 6.07) is 33.9. The number of hydrogen-bond acceptors (Lipinski definition) is 0. The summed E-state index contributed by atoms with van der Waals surface area (Å²) in [6.45, 7) is 8.65. The van der Waals surface area contributed by atoms with Crippen molar-refractivity contribution in [2.75, 3.05) is 0 Å². The summed E-state index contributed by atoms with van der Waals surface area (Å²) in [5.41, 5.74) is 7.88. The van der Waals surface area contributed by atoms with Crippen LogP contribution in [0.25, 0.3) is 22.3 Å². The van der Waals surface area contributed by atoms with Crippen molar-refractivity contribution in [2.24, 2.45) is 0 Å². The van der Waals surface area contributed by atoms with E-state index in [2.05, 4.69) is 112 Å². The van der Waals surface area contributed by atoms with Crippen LogP contribution in [0.1, 0.15) is 11.1 Å². The van der Waals surface area contributed by atoms with Gasteiger partial charge in [0.2, 0.25) is 0 Å². The molecule has 0 fully saturated rings. The van der Waals surface area contributed by atoms with Crippen LogP contribution < -0.4 is 0 Å². The van der Waals surface area contributed by atoms with Crippen molar-refractivity contribution in [3.05, 3.63) is 108 Å². The predicted molar refractivity (Wildman–Crippen MR) is 135 cm³/mol. The fourth-order valence-corrected chi connectivity index (χ4v) is 2.75. The van der Waals surface area contributed by atoms with Crippen LogP contribution in [0.2, 0.25) is 13.1 Å². The van der Waals surface area contributed by atoms with Crippen molar-refractivity contribution in [3.63, 3.8) is 0 Å². The van der Waals surface area contributed by atoms with Gasteiger partial charge < -0.3 is 0 Å². The topological polar surface area (TPSA) is 0 Å². The summed E-state index contributed by atoms with van der Waals surface area (Å²) in [6.07, 6.45) is 0. The van der Waals surface area contributed by atoms with E-state index in [4.69, 9.17) is 17.0 Å². The molecule has 0 aliphatic carbocycles. The van der Waals surface area contributed by atoms with Crippen LogP contribution in [0.15, 0.2) is 97.1 Å². The van der Waals surface area contributed by atoms with Crippen LogP contribution in [-0.2, 0) is 20.8 Å². The van der Waals surface area contributed by atoms with E-state index in [1.165, 1.54) is 33.4 Å². The molecule has 4 aromatic carbocycles. The van der Waals surface area contributed by atoms with Gasteiger partial charge in [0.05, 0.1) is 0 Å². The van der Waals surface area contributed by atoms with Gasteiger partial charge in [0.25, 0.3) is 0 Å². The van der Waals surface area contributed by atoms with Gasteiger partial charge in [0.15, 0.2) is 0 Å². The fourth-order valence-electron chi connectivity index (χ4n) is 2.75. The molecule has 4 heteroatoms. The summed E-state index contributed by atoms with van der Waals surface area (Å²) >= 11 is -0.826. The first kappa shape index (κ1) is 26.9. The molecule has 4 aromatic rings. The first-order valence-corrected chi connectivity index (χ1v) is 18.5. The SMILES string of the molecule is C[SiH]C.Cc1c[cH-]c(-c2ccccc2)c1.Cc1c[cH-]c(-c2ccccc2)c1.[Cl][Zr+2][Cl]. The molecule has 30 heavy (non-hydrogen) atoms. The quantitative estimate of drug-likeness (QED) is 0.179. The molecule has 0 aromatic heterocycles. The molecule has 0 unspecified atom stereocenters. The molecule has 0 amide bonds.